The number of rotatable bonds is 3. The highest BCUT2D eigenvalue weighted by atomic mass is 32.1. The van der Waals surface area contributed by atoms with Gasteiger partial charge >= 0.3 is 0 Å². The van der Waals surface area contributed by atoms with Gasteiger partial charge in [-0.2, -0.15) is 0 Å². The number of hydrogen-bond donors (Lipinski definition) is 2. The van der Waals surface area contributed by atoms with Crippen LogP contribution in [0.1, 0.15) is 43.5 Å². The van der Waals surface area contributed by atoms with Crippen LogP contribution in [0, 0.1) is 5.92 Å². The monoisotopic (exact) mass is 333 g/mol. The highest BCUT2D eigenvalue weighted by Crippen LogP contribution is 2.15. The molecule has 6 heteroatoms. The number of piperidine rings is 1. The van der Waals surface area contributed by atoms with Crippen molar-refractivity contribution >= 4 is 34.8 Å². The molecule has 2 amide bonds. The molecular formula is C17H23N3O2S. The van der Waals surface area contributed by atoms with Crippen LogP contribution >= 0.6 is 12.2 Å². The molecule has 0 aromatic heterocycles. The number of nitrogens with zero attached hydrogens (tertiary/aromatic N) is 1. The summed E-state index contributed by atoms with van der Waals surface area (Å²) in [6, 6.07) is 7.16. The van der Waals surface area contributed by atoms with E-state index in [2.05, 4.69) is 10.6 Å². The second kappa shape index (κ2) is 8.06. The average Bonchev–Trinajstić information content (AvgIpc) is 2.55. The lowest BCUT2D eigenvalue weighted by atomic mass is 10.1. The van der Waals surface area contributed by atoms with Crippen LogP contribution < -0.4 is 10.6 Å². The molecule has 0 unspecified atom stereocenters. The molecule has 1 saturated heterocycles. The van der Waals surface area contributed by atoms with Crippen molar-refractivity contribution in [3.63, 3.8) is 0 Å². The molecule has 1 aromatic carbocycles. The van der Waals surface area contributed by atoms with E-state index in [1.807, 2.05) is 4.90 Å². The lowest BCUT2D eigenvalue weighted by molar-refractivity contribution is -0.122. The number of thiocarbonyl (C=S) groups is 1. The minimum Gasteiger partial charge on any atom is -0.339 e. The van der Waals surface area contributed by atoms with E-state index in [0.717, 1.165) is 31.6 Å². The van der Waals surface area contributed by atoms with E-state index in [1.54, 1.807) is 38.1 Å². The van der Waals surface area contributed by atoms with Crippen molar-refractivity contribution in [1.29, 1.82) is 0 Å². The van der Waals surface area contributed by atoms with E-state index in [-0.39, 0.29) is 22.8 Å². The quantitative estimate of drug-likeness (QED) is 0.835. The number of hydrogen-bond acceptors (Lipinski definition) is 3. The second-order valence-corrected chi connectivity index (χ2v) is 6.44. The Labute approximate surface area is 142 Å². The highest BCUT2D eigenvalue weighted by molar-refractivity contribution is 7.80. The third-order valence-corrected chi connectivity index (χ3v) is 4.00. The maximum Gasteiger partial charge on any atom is 0.253 e. The van der Waals surface area contributed by atoms with Crippen LogP contribution in [0.4, 0.5) is 5.69 Å². The van der Waals surface area contributed by atoms with Crippen molar-refractivity contribution in [3.8, 4) is 0 Å². The maximum absolute atomic E-state index is 12.4. The van der Waals surface area contributed by atoms with Crippen LogP contribution in [0.15, 0.2) is 24.3 Å². The van der Waals surface area contributed by atoms with Crippen molar-refractivity contribution in [2.24, 2.45) is 5.92 Å². The van der Waals surface area contributed by atoms with Crippen molar-refractivity contribution in [3.05, 3.63) is 29.8 Å². The van der Waals surface area contributed by atoms with Gasteiger partial charge in [-0.1, -0.05) is 13.8 Å². The predicted molar refractivity (Wildman–Crippen MR) is 95.4 cm³/mol. The van der Waals surface area contributed by atoms with Gasteiger partial charge in [-0.15, -0.1) is 0 Å². The standard InChI is InChI=1S/C17H23N3O2S/c1-12(2)15(21)19-17(23)18-14-8-6-13(7-9-14)16(22)20-10-4-3-5-11-20/h6-9,12H,3-5,10-11H2,1-2H3,(H2,18,19,21,23). The van der Waals surface area contributed by atoms with Crippen LogP contribution in [0.25, 0.3) is 0 Å². The van der Waals surface area contributed by atoms with Gasteiger partial charge in [0.25, 0.3) is 5.91 Å². The zero-order valence-electron chi connectivity index (χ0n) is 13.6. The molecule has 0 saturated carbocycles. The van der Waals surface area contributed by atoms with Crippen molar-refractivity contribution in [2.45, 2.75) is 33.1 Å². The second-order valence-electron chi connectivity index (χ2n) is 6.03. The molecular weight excluding hydrogens is 310 g/mol. The molecule has 5 nitrogen and oxygen atoms in total. The molecule has 0 radical (unpaired) electrons. The minimum absolute atomic E-state index is 0.0759. The first-order valence-corrected chi connectivity index (χ1v) is 8.39. The summed E-state index contributed by atoms with van der Waals surface area (Å²) in [6.07, 6.45) is 3.36. The van der Waals surface area contributed by atoms with E-state index < -0.39 is 0 Å². The van der Waals surface area contributed by atoms with Gasteiger partial charge < -0.3 is 15.5 Å². The minimum atomic E-state index is -0.126. The van der Waals surface area contributed by atoms with E-state index in [1.165, 1.54) is 6.42 Å². The van der Waals surface area contributed by atoms with Gasteiger partial charge in [0.15, 0.2) is 5.11 Å². The van der Waals surface area contributed by atoms with E-state index in [0.29, 0.717) is 5.56 Å². The molecule has 0 atom stereocenters. The van der Waals surface area contributed by atoms with Gasteiger partial charge in [0, 0.05) is 30.3 Å². The molecule has 1 aromatic rings. The van der Waals surface area contributed by atoms with Crippen LogP contribution in [0.3, 0.4) is 0 Å². The Morgan fingerprint density at radius 2 is 1.70 bits per heavy atom. The molecule has 1 heterocycles. The summed E-state index contributed by atoms with van der Waals surface area (Å²) in [5.41, 5.74) is 1.42. The fourth-order valence-electron chi connectivity index (χ4n) is 2.39. The number of likely N-dealkylation sites (tertiary alicyclic amines) is 1. The zero-order chi connectivity index (χ0) is 16.8. The van der Waals surface area contributed by atoms with Gasteiger partial charge in [-0.3, -0.25) is 9.59 Å². The summed E-state index contributed by atoms with van der Waals surface area (Å²) >= 11 is 5.10. The number of nitrogens with one attached hydrogen (secondary N) is 2. The van der Waals surface area contributed by atoms with Gasteiger partial charge in [0.1, 0.15) is 0 Å². The number of benzene rings is 1. The topological polar surface area (TPSA) is 61.4 Å². The van der Waals surface area contributed by atoms with E-state index >= 15 is 0 Å². The SMILES string of the molecule is CC(C)C(=O)NC(=S)Nc1ccc(C(=O)N2CCCCC2)cc1. The first kappa shape index (κ1) is 17.4. The van der Waals surface area contributed by atoms with Crippen LogP contribution in [-0.2, 0) is 4.79 Å². The third kappa shape index (κ3) is 5.03. The molecule has 2 rings (SSSR count). The number of anilines is 1. The largest absolute Gasteiger partial charge is 0.339 e. The van der Waals surface area contributed by atoms with Gasteiger partial charge in [0.05, 0.1) is 0 Å². The molecule has 124 valence electrons. The Balaban J connectivity index is 1.92. The molecule has 2 N–H and O–H groups in total. The van der Waals surface area contributed by atoms with Crippen LogP contribution in [0.2, 0.25) is 0 Å². The molecule has 0 aliphatic carbocycles. The summed E-state index contributed by atoms with van der Waals surface area (Å²) in [4.78, 5) is 25.9. The number of carbonyl (C=O) groups excluding carboxylic acids is 2. The summed E-state index contributed by atoms with van der Waals surface area (Å²) in [7, 11) is 0. The normalized spacial score (nSPS) is 14.5. The average molecular weight is 333 g/mol. The van der Waals surface area contributed by atoms with Crippen molar-refractivity contribution in [1.82, 2.24) is 10.2 Å². The van der Waals surface area contributed by atoms with Crippen molar-refractivity contribution in [2.75, 3.05) is 18.4 Å². The lowest BCUT2D eigenvalue weighted by Crippen LogP contribution is -2.36. The first-order valence-electron chi connectivity index (χ1n) is 7.98. The predicted octanol–water partition coefficient (Wildman–Crippen LogP) is 2.78. The third-order valence-electron chi connectivity index (χ3n) is 3.79. The van der Waals surface area contributed by atoms with Crippen molar-refractivity contribution < 1.29 is 9.59 Å². The Morgan fingerprint density at radius 1 is 1.09 bits per heavy atom. The number of carbonyl (C=O) groups is 2. The Hall–Kier alpha value is -1.95. The fraction of sp³-hybridized carbons (Fsp3) is 0.471. The van der Waals surface area contributed by atoms with Gasteiger partial charge in [0.2, 0.25) is 5.91 Å². The summed E-state index contributed by atoms with van der Waals surface area (Å²) in [6.45, 7) is 5.28. The summed E-state index contributed by atoms with van der Waals surface area (Å²) < 4.78 is 0. The van der Waals surface area contributed by atoms with Gasteiger partial charge in [-0.05, 0) is 55.7 Å². The lowest BCUT2D eigenvalue weighted by Gasteiger charge is -2.26. The summed E-state index contributed by atoms with van der Waals surface area (Å²) in [5.74, 6) is -0.175. The van der Waals surface area contributed by atoms with Gasteiger partial charge in [-0.25, -0.2) is 0 Å². The maximum atomic E-state index is 12.4. The van der Waals surface area contributed by atoms with Crippen LogP contribution in [0.5, 0.6) is 0 Å². The number of amides is 2. The smallest absolute Gasteiger partial charge is 0.253 e. The molecule has 1 fully saturated rings. The first-order chi connectivity index (χ1) is 11.0. The van der Waals surface area contributed by atoms with E-state index in [9.17, 15) is 9.59 Å². The van der Waals surface area contributed by atoms with E-state index in [4.69, 9.17) is 12.2 Å². The molecule has 0 bridgehead atoms. The Bertz CT molecular complexity index is 578. The molecule has 0 spiro atoms. The molecule has 1 aliphatic rings. The Kier molecular flexibility index (Phi) is 6.10. The summed E-state index contributed by atoms with van der Waals surface area (Å²) in [5, 5.41) is 5.83. The Morgan fingerprint density at radius 3 is 2.26 bits per heavy atom. The molecule has 1 aliphatic heterocycles. The van der Waals surface area contributed by atoms with Crippen LogP contribution in [-0.4, -0.2) is 34.9 Å². The zero-order valence-corrected chi connectivity index (χ0v) is 14.4. The molecule has 23 heavy (non-hydrogen) atoms. The fourth-order valence-corrected chi connectivity index (χ4v) is 2.61. The highest BCUT2D eigenvalue weighted by Gasteiger charge is 2.18.